The maximum absolute atomic E-state index is 13.0. The van der Waals surface area contributed by atoms with Gasteiger partial charge in [-0.2, -0.15) is 0 Å². The molecule has 0 unspecified atom stereocenters. The maximum Gasteiger partial charge on any atom is 0.300 e. The summed E-state index contributed by atoms with van der Waals surface area (Å²) in [6.45, 7) is 4.27. The van der Waals surface area contributed by atoms with Crippen LogP contribution in [0, 0.1) is 6.92 Å². The van der Waals surface area contributed by atoms with Crippen molar-refractivity contribution >= 4 is 33.5 Å². The zero-order valence-corrected chi connectivity index (χ0v) is 18.6. The molecule has 8 heteroatoms. The topological polar surface area (TPSA) is 102 Å². The minimum atomic E-state index is -0.786. The predicted octanol–water partition coefficient (Wildman–Crippen LogP) is 5.30. The molecule has 8 nitrogen and oxygen atoms in total. The second-order valence-electron chi connectivity index (χ2n) is 7.85. The molecule has 0 aliphatic rings. The summed E-state index contributed by atoms with van der Waals surface area (Å²) in [5, 5.41) is 19.9. The largest absolute Gasteiger partial charge is 0.493 e. The van der Waals surface area contributed by atoms with Gasteiger partial charge in [0.25, 0.3) is 0 Å². The number of carbonyl (C=O) groups excluding carboxylic acids is 1. The number of pyridine rings is 2. The first-order chi connectivity index (χ1) is 16.5. The van der Waals surface area contributed by atoms with E-state index in [1.807, 2.05) is 62.4 Å². The van der Waals surface area contributed by atoms with Crippen LogP contribution in [0.2, 0.25) is 0 Å². The van der Waals surface area contributed by atoms with Gasteiger partial charge in [0.15, 0.2) is 5.69 Å². The Morgan fingerprint density at radius 2 is 1.74 bits per heavy atom. The normalized spacial score (nSPS) is 11.6. The molecule has 0 aliphatic heterocycles. The Labute approximate surface area is 194 Å². The zero-order chi connectivity index (χ0) is 23.8. The van der Waals surface area contributed by atoms with Crippen LogP contribution < -0.4 is 5.43 Å². The second-order valence-corrected chi connectivity index (χ2v) is 7.85. The molecule has 0 radical (unpaired) electrons. The van der Waals surface area contributed by atoms with E-state index in [0.717, 1.165) is 11.4 Å². The number of carbonyl (C=O) groups is 1. The van der Waals surface area contributed by atoms with Crippen LogP contribution in [0.1, 0.15) is 23.0 Å². The molecule has 5 aromatic rings. The average molecular weight is 451 g/mol. The highest BCUT2D eigenvalue weighted by molar-refractivity contribution is 5.99. The highest BCUT2D eigenvalue weighted by atomic mass is 16.3. The Bertz CT molecular complexity index is 1650. The molecule has 1 amide bonds. The van der Waals surface area contributed by atoms with Gasteiger partial charge in [-0.1, -0.05) is 36.4 Å². The predicted molar refractivity (Wildman–Crippen MR) is 130 cm³/mol. The first-order valence-corrected chi connectivity index (χ1v) is 10.8. The minimum absolute atomic E-state index is 0.102. The van der Waals surface area contributed by atoms with Gasteiger partial charge in [-0.3, -0.25) is 14.2 Å². The van der Waals surface area contributed by atoms with Gasteiger partial charge < -0.3 is 9.67 Å². The Hall–Kier alpha value is -4.59. The number of hydrogen-bond donors (Lipinski definition) is 1. The summed E-state index contributed by atoms with van der Waals surface area (Å²) in [5.74, 6) is -0.932. The number of aryl methyl sites for hydroxylation is 2. The third-order valence-electron chi connectivity index (χ3n) is 5.71. The molecule has 5 rings (SSSR count). The summed E-state index contributed by atoms with van der Waals surface area (Å²) < 4.78 is 3.38. The maximum atomic E-state index is 13.0. The first kappa shape index (κ1) is 21.3. The molecule has 0 bridgehead atoms. The highest BCUT2D eigenvalue weighted by Gasteiger charge is 2.19. The van der Waals surface area contributed by atoms with Crippen molar-refractivity contribution in [2.75, 3.05) is 0 Å². The standard InChI is InChI=1S/C26H21N5O3/c1-3-30-15-20(23(32)19-14-13-16(2)27-24(19)30)25(33)29-28-22-18-11-7-8-12-21(18)31(26(22)34)17-9-5-4-6-10-17/h4-15,34H,3H2,1-2H3. The van der Waals surface area contributed by atoms with Gasteiger partial charge in [-0.15, -0.1) is 10.2 Å². The fourth-order valence-corrected chi connectivity index (χ4v) is 4.05. The number of nitrogens with zero attached hydrogens (tertiary/aromatic N) is 5. The van der Waals surface area contributed by atoms with Crippen molar-refractivity contribution in [1.29, 1.82) is 0 Å². The average Bonchev–Trinajstić information content (AvgIpc) is 3.14. The van der Waals surface area contributed by atoms with Gasteiger partial charge >= 0.3 is 5.91 Å². The van der Waals surface area contributed by atoms with Gasteiger partial charge in [0, 0.05) is 29.5 Å². The molecule has 3 heterocycles. The molecular formula is C26H21N5O3. The Morgan fingerprint density at radius 1 is 1.00 bits per heavy atom. The van der Waals surface area contributed by atoms with Crippen molar-refractivity contribution in [1.82, 2.24) is 14.1 Å². The fraction of sp³-hybridized carbons (Fsp3) is 0.115. The van der Waals surface area contributed by atoms with Gasteiger partial charge in [-0.05, 0) is 44.2 Å². The van der Waals surface area contributed by atoms with Crippen LogP contribution in [-0.2, 0) is 6.54 Å². The fourth-order valence-electron chi connectivity index (χ4n) is 4.05. The van der Waals surface area contributed by atoms with Crippen LogP contribution in [-0.4, -0.2) is 25.1 Å². The lowest BCUT2D eigenvalue weighted by Gasteiger charge is -2.09. The lowest BCUT2D eigenvalue weighted by molar-refractivity contribution is 0.0993. The molecule has 1 N–H and O–H groups in total. The molecule has 0 fully saturated rings. The quantitative estimate of drug-likeness (QED) is 0.375. The van der Waals surface area contributed by atoms with E-state index in [0.29, 0.717) is 28.5 Å². The summed E-state index contributed by atoms with van der Waals surface area (Å²) in [6.07, 6.45) is 1.46. The smallest absolute Gasteiger partial charge is 0.300 e. The molecule has 0 saturated heterocycles. The van der Waals surface area contributed by atoms with E-state index in [4.69, 9.17) is 0 Å². The van der Waals surface area contributed by atoms with E-state index in [-0.39, 0.29) is 17.1 Å². The van der Waals surface area contributed by atoms with E-state index < -0.39 is 11.3 Å². The second kappa shape index (κ2) is 8.40. The number of rotatable bonds is 4. The van der Waals surface area contributed by atoms with Gasteiger partial charge in [0.2, 0.25) is 11.3 Å². The van der Waals surface area contributed by atoms with Crippen molar-refractivity contribution < 1.29 is 9.90 Å². The number of fused-ring (bicyclic) bond motifs is 2. The summed E-state index contributed by atoms with van der Waals surface area (Å²) in [6, 6.07) is 20.0. The Morgan fingerprint density at radius 3 is 2.50 bits per heavy atom. The van der Waals surface area contributed by atoms with Crippen LogP contribution in [0.5, 0.6) is 5.88 Å². The third-order valence-corrected chi connectivity index (χ3v) is 5.71. The van der Waals surface area contributed by atoms with Crippen LogP contribution in [0.25, 0.3) is 27.6 Å². The Balaban J connectivity index is 1.62. The van der Waals surface area contributed by atoms with Crippen LogP contribution in [0.15, 0.2) is 87.9 Å². The number of aromatic hydroxyl groups is 1. The van der Waals surface area contributed by atoms with Crippen molar-refractivity contribution in [3.8, 4) is 11.6 Å². The highest BCUT2D eigenvalue weighted by Crippen LogP contribution is 2.40. The molecule has 2 aromatic carbocycles. The van der Waals surface area contributed by atoms with E-state index in [1.54, 1.807) is 27.3 Å². The molecule has 3 aromatic heterocycles. The SMILES string of the molecule is CCn1cc(C(=O)N=Nc2c(O)n(-c3ccccc3)c3ccccc23)c(=O)c2ccc(C)nc21. The number of benzene rings is 2. The lowest BCUT2D eigenvalue weighted by atomic mass is 10.1. The molecule has 0 spiro atoms. The van der Waals surface area contributed by atoms with Gasteiger partial charge in [0.1, 0.15) is 11.2 Å². The number of azo groups is 1. The number of para-hydroxylation sites is 2. The minimum Gasteiger partial charge on any atom is -0.493 e. The van der Waals surface area contributed by atoms with Gasteiger partial charge in [0.05, 0.1) is 10.9 Å². The van der Waals surface area contributed by atoms with Crippen molar-refractivity contribution in [3.05, 3.63) is 94.4 Å². The van der Waals surface area contributed by atoms with Crippen molar-refractivity contribution in [2.24, 2.45) is 10.2 Å². The van der Waals surface area contributed by atoms with Crippen LogP contribution >= 0.6 is 0 Å². The Kier molecular flexibility index (Phi) is 5.25. The van der Waals surface area contributed by atoms with E-state index in [2.05, 4.69) is 15.2 Å². The third kappa shape index (κ3) is 3.45. The molecule has 34 heavy (non-hydrogen) atoms. The number of hydrogen-bond acceptors (Lipinski definition) is 5. The number of aromatic nitrogens is 3. The molecule has 0 saturated carbocycles. The van der Waals surface area contributed by atoms with Crippen LogP contribution in [0.4, 0.5) is 5.69 Å². The molecule has 0 atom stereocenters. The molecule has 168 valence electrons. The zero-order valence-electron chi connectivity index (χ0n) is 18.6. The van der Waals surface area contributed by atoms with Crippen molar-refractivity contribution in [2.45, 2.75) is 20.4 Å². The van der Waals surface area contributed by atoms with E-state index in [9.17, 15) is 14.7 Å². The first-order valence-electron chi connectivity index (χ1n) is 10.8. The van der Waals surface area contributed by atoms with E-state index in [1.165, 1.54) is 6.20 Å². The molecular weight excluding hydrogens is 430 g/mol. The summed E-state index contributed by atoms with van der Waals surface area (Å²) in [4.78, 5) is 30.4. The lowest BCUT2D eigenvalue weighted by Crippen LogP contribution is -2.18. The monoisotopic (exact) mass is 451 g/mol. The molecule has 0 aliphatic carbocycles. The van der Waals surface area contributed by atoms with Crippen molar-refractivity contribution in [3.63, 3.8) is 0 Å². The van der Waals surface area contributed by atoms with Gasteiger partial charge in [-0.25, -0.2) is 4.98 Å². The van der Waals surface area contributed by atoms with Crippen LogP contribution in [0.3, 0.4) is 0 Å². The summed E-state index contributed by atoms with van der Waals surface area (Å²) >= 11 is 0. The summed E-state index contributed by atoms with van der Waals surface area (Å²) in [7, 11) is 0. The van der Waals surface area contributed by atoms with E-state index >= 15 is 0 Å². The number of amides is 1. The summed E-state index contributed by atoms with van der Waals surface area (Å²) in [5.41, 5.74) is 2.35.